The lowest BCUT2D eigenvalue weighted by molar-refractivity contribution is -0.131. The van der Waals surface area contributed by atoms with Gasteiger partial charge in [-0.15, -0.1) is 0 Å². The Morgan fingerprint density at radius 3 is 3.04 bits per heavy atom. The van der Waals surface area contributed by atoms with Crippen molar-refractivity contribution in [1.82, 2.24) is 14.9 Å². The van der Waals surface area contributed by atoms with Gasteiger partial charge in [-0.3, -0.25) is 9.78 Å². The number of ether oxygens (including phenoxy) is 1. The molecule has 1 aliphatic heterocycles. The molecule has 1 fully saturated rings. The maximum atomic E-state index is 13.9. The van der Waals surface area contributed by atoms with E-state index in [4.69, 9.17) is 4.74 Å². The second-order valence-electron chi connectivity index (χ2n) is 6.99. The lowest BCUT2D eigenvalue weighted by atomic mass is 9.94. The van der Waals surface area contributed by atoms with Gasteiger partial charge in [0.25, 0.3) is 0 Å². The number of nitrogens with zero attached hydrogens (tertiary/aromatic N) is 2. The summed E-state index contributed by atoms with van der Waals surface area (Å²) in [5.74, 6) is 0.0459. The molecule has 3 aromatic rings. The minimum Gasteiger partial charge on any atom is -0.494 e. The molecule has 0 aliphatic carbocycles. The largest absolute Gasteiger partial charge is 0.494 e. The first-order chi connectivity index (χ1) is 13.1. The summed E-state index contributed by atoms with van der Waals surface area (Å²) in [6.07, 6.45) is 3.97. The first kappa shape index (κ1) is 17.5. The molecule has 1 N–H and O–H groups in total. The van der Waals surface area contributed by atoms with Crippen molar-refractivity contribution in [2.24, 2.45) is 0 Å². The molecule has 0 spiro atoms. The molecule has 4 rings (SSSR count). The van der Waals surface area contributed by atoms with Gasteiger partial charge in [-0.1, -0.05) is 6.07 Å². The number of fused-ring (bicyclic) bond motifs is 1. The number of methoxy groups -OCH3 is 1. The fraction of sp³-hybridized carbons (Fsp3) is 0.333. The van der Waals surface area contributed by atoms with E-state index in [-0.39, 0.29) is 24.0 Å². The molecule has 2 aromatic heterocycles. The number of aromatic amines is 1. The highest BCUT2D eigenvalue weighted by Crippen LogP contribution is 2.29. The molecule has 0 bridgehead atoms. The second kappa shape index (κ2) is 7.39. The van der Waals surface area contributed by atoms with E-state index in [2.05, 4.69) is 16.0 Å². The van der Waals surface area contributed by atoms with Gasteiger partial charge >= 0.3 is 0 Å². The summed E-state index contributed by atoms with van der Waals surface area (Å²) < 4.78 is 18.8. The smallest absolute Gasteiger partial charge is 0.227 e. The normalized spacial score (nSPS) is 17.3. The van der Waals surface area contributed by atoms with E-state index < -0.39 is 5.82 Å². The number of nitrogens with one attached hydrogen (secondary N) is 1. The van der Waals surface area contributed by atoms with Gasteiger partial charge in [0.15, 0.2) is 11.6 Å². The zero-order valence-corrected chi connectivity index (χ0v) is 15.2. The lowest BCUT2D eigenvalue weighted by Gasteiger charge is -2.32. The maximum absolute atomic E-state index is 13.9. The Kier molecular flexibility index (Phi) is 4.79. The summed E-state index contributed by atoms with van der Waals surface area (Å²) in [4.78, 5) is 22.4. The molecule has 1 aromatic carbocycles. The number of benzene rings is 1. The van der Waals surface area contributed by atoms with Crippen molar-refractivity contribution >= 4 is 16.9 Å². The third-order valence-electron chi connectivity index (χ3n) is 5.20. The highest BCUT2D eigenvalue weighted by molar-refractivity contribution is 5.79. The summed E-state index contributed by atoms with van der Waals surface area (Å²) in [5.41, 5.74) is 3.75. The Labute approximate surface area is 157 Å². The van der Waals surface area contributed by atoms with Crippen LogP contribution in [0.5, 0.6) is 5.75 Å². The summed E-state index contributed by atoms with van der Waals surface area (Å²) in [6.45, 7) is 1.41. The topological polar surface area (TPSA) is 58.2 Å². The molecule has 0 radical (unpaired) electrons. The van der Waals surface area contributed by atoms with Crippen LogP contribution in [0.3, 0.4) is 0 Å². The van der Waals surface area contributed by atoms with Crippen LogP contribution in [0.2, 0.25) is 0 Å². The zero-order chi connectivity index (χ0) is 18.8. The van der Waals surface area contributed by atoms with Crippen LogP contribution in [0, 0.1) is 5.82 Å². The Morgan fingerprint density at radius 1 is 1.37 bits per heavy atom. The monoisotopic (exact) mass is 367 g/mol. The molecular formula is C21H22FN3O2. The maximum Gasteiger partial charge on any atom is 0.227 e. The van der Waals surface area contributed by atoms with E-state index >= 15 is 0 Å². The lowest BCUT2D eigenvalue weighted by Crippen LogP contribution is -2.40. The van der Waals surface area contributed by atoms with Crippen LogP contribution in [-0.4, -0.2) is 41.0 Å². The van der Waals surface area contributed by atoms with Gasteiger partial charge in [0.05, 0.1) is 24.6 Å². The molecule has 1 atom stereocenters. The molecule has 0 unspecified atom stereocenters. The minimum absolute atomic E-state index is 0.0264. The van der Waals surface area contributed by atoms with Gasteiger partial charge in [0.2, 0.25) is 5.91 Å². The third kappa shape index (κ3) is 3.65. The van der Waals surface area contributed by atoms with E-state index in [1.807, 2.05) is 17.0 Å². The van der Waals surface area contributed by atoms with E-state index in [0.29, 0.717) is 12.1 Å². The van der Waals surface area contributed by atoms with E-state index in [0.717, 1.165) is 36.1 Å². The number of pyridine rings is 1. The average Bonchev–Trinajstić information content (AvgIpc) is 3.12. The van der Waals surface area contributed by atoms with E-state index in [1.54, 1.807) is 18.3 Å². The van der Waals surface area contributed by atoms with E-state index in [9.17, 15) is 9.18 Å². The van der Waals surface area contributed by atoms with Crippen molar-refractivity contribution in [2.45, 2.75) is 25.2 Å². The first-order valence-electron chi connectivity index (χ1n) is 9.18. The predicted molar refractivity (Wildman–Crippen MR) is 101 cm³/mol. The minimum atomic E-state index is -0.440. The number of rotatable bonds is 4. The molecule has 5 nitrogen and oxygen atoms in total. The number of piperidine rings is 1. The van der Waals surface area contributed by atoms with Crippen molar-refractivity contribution in [3.05, 3.63) is 59.7 Å². The Morgan fingerprint density at radius 2 is 2.26 bits per heavy atom. The van der Waals surface area contributed by atoms with Gasteiger partial charge < -0.3 is 14.6 Å². The predicted octanol–water partition coefficient (Wildman–Crippen LogP) is 3.66. The number of carbonyl (C=O) groups excluding carboxylic acids is 1. The van der Waals surface area contributed by atoms with Crippen molar-refractivity contribution < 1.29 is 13.9 Å². The number of halogens is 1. The number of aromatic nitrogens is 2. The third-order valence-corrected chi connectivity index (χ3v) is 5.20. The first-order valence-corrected chi connectivity index (χ1v) is 9.18. The molecule has 6 heteroatoms. The molecule has 1 amide bonds. The van der Waals surface area contributed by atoms with Crippen molar-refractivity contribution in [1.29, 1.82) is 0 Å². The van der Waals surface area contributed by atoms with Gasteiger partial charge in [0, 0.05) is 30.9 Å². The van der Waals surface area contributed by atoms with Crippen LogP contribution in [0.4, 0.5) is 4.39 Å². The summed E-state index contributed by atoms with van der Waals surface area (Å²) in [7, 11) is 1.43. The van der Waals surface area contributed by atoms with Crippen LogP contribution in [0.15, 0.2) is 42.6 Å². The average molecular weight is 367 g/mol. The summed E-state index contributed by atoms with van der Waals surface area (Å²) in [5, 5.41) is 0. The van der Waals surface area contributed by atoms with Gasteiger partial charge in [-0.25, -0.2) is 4.39 Å². The molecule has 3 heterocycles. The standard InChI is InChI=1S/C21H22FN3O2/c1-27-20-7-6-14(10-16(20)22)11-21(26)25-9-3-4-15(13-25)18-12-19-17(24-18)5-2-8-23-19/h2,5-8,10,12,15,24H,3-4,9,11,13H2,1H3/t15-/m1/s1. The van der Waals surface area contributed by atoms with Crippen molar-refractivity contribution in [3.8, 4) is 5.75 Å². The number of H-pyrrole nitrogens is 1. The molecule has 140 valence electrons. The van der Waals surface area contributed by atoms with Crippen LogP contribution in [-0.2, 0) is 11.2 Å². The number of carbonyl (C=O) groups is 1. The van der Waals surface area contributed by atoms with E-state index in [1.165, 1.54) is 13.2 Å². The van der Waals surface area contributed by atoms with Crippen LogP contribution < -0.4 is 4.74 Å². The quantitative estimate of drug-likeness (QED) is 0.766. The Balaban J connectivity index is 1.45. The molecule has 1 aliphatic rings. The number of hydrogen-bond donors (Lipinski definition) is 1. The molecule has 1 saturated heterocycles. The molecular weight excluding hydrogens is 345 g/mol. The SMILES string of the molecule is COc1ccc(CC(=O)N2CCC[C@@H](c3cc4ncccc4[nH]3)C2)cc1F. The number of hydrogen-bond acceptors (Lipinski definition) is 3. The highest BCUT2D eigenvalue weighted by Gasteiger charge is 2.26. The van der Waals surface area contributed by atoms with Crippen LogP contribution >= 0.6 is 0 Å². The zero-order valence-electron chi connectivity index (χ0n) is 15.2. The Bertz CT molecular complexity index is 936. The van der Waals surface area contributed by atoms with Gasteiger partial charge in [-0.2, -0.15) is 0 Å². The van der Waals surface area contributed by atoms with Gasteiger partial charge in [-0.05, 0) is 48.7 Å². The fourth-order valence-electron chi connectivity index (χ4n) is 3.76. The van der Waals surface area contributed by atoms with Crippen molar-refractivity contribution in [3.63, 3.8) is 0 Å². The molecule has 0 saturated carbocycles. The summed E-state index contributed by atoms with van der Waals surface area (Å²) >= 11 is 0. The second-order valence-corrected chi connectivity index (χ2v) is 6.99. The molecule has 27 heavy (non-hydrogen) atoms. The highest BCUT2D eigenvalue weighted by atomic mass is 19.1. The summed E-state index contributed by atoms with van der Waals surface area (Å²) in [6, 6.07) is 10.7. The van der Waals surface area contributed by atoms with Gasteiger partial charge in [0.1, 0.15) is 0 Å². The van der Waals surface area contributed by atoms with Crippen LogP contribution in [0.1, 0.15) is 30.0 Å². The van der Waals surface area contributed by atoms with Crippen molar-refractivity contribution in [2.75, 3.05) is 20.2 Å². The number of amides is 1. The number of likely N-dealkylation sites (tertiary alicyclic amines) is 1. The Hall–Kier alpha value is -2.89. The fourth-order valence-corrected chi connectivity index (χ4v) is 3.76. The van der Waals surface area contributed by atoms with Crippen LogP contribution in [0.25, 0.3) is 11.0 Å².